The van der Waals surface area contributed by atoms with Gasteiger partial charge in [0, 0.05) is 30.7 Å². The van der Waals surface area contributed by atoms with Crippen molar-refractivity contribution in [1.29, 1.82) is 0 Å². The van der Waals surface area contributed by atoms with Crippen LogP contribution >= 0.6 is 12.2 Å². The fourth-order valence-corrected chi connectivity index (χ4v) is 4.07. The molecule has 4 rings (SSSR count). The molecule has 0 unspecified atom stereocenters. The largest absolute Gasteiger partial charge is 0.494 e. The quantitative estimate of drug-likeness (QED) is 0.634. The predicted molar refractivity (Wildman–Crippen MR) is 118 cm³/mol. The maximum Gasteiger partial charge on any atom is 0.174 e. The number of hydrogen-bond donors (Lipinski definition) is 1. The van der Waals surface area contributed by atoms with Gasteiger partial charge in [0.05, 0.1) is 12.6 Å². The number of nitrogens with one attached hydrogen (secondary N) is 1. The summed E-state index contributed by atoms with van der Waals surface area (Å²) in [5.74, 6) is 0.893. The van der Waals surface area contributed by atoms with Crippen molar-refractivity contribution in [3.63, 3.8) is 0 Å². The number of rotatable bonds is 4. The highest BCUT2D eigenvalue weighted by atomic mass is 32.1. The average molecular weight is 392 g/mol. The van der Waals surface area contributed by atoms with Gasteiger partial charge in [-0.05, 0) is 67.5 Å². The molecule has 0 aliphatic carbocycles. The van der Waals surface area contributed by atoms with E-state index in [9.17, 15) is 0 Å². The van der Waals surface area contributed by atoms with Crippen molar-refractivity contribution in [2.24, 2.45) is 0 Å². The summed E-state index contributed by atoms with van der Waals surface area (Å²) in [4.78, 5) is 2.28. The summed E-state index contributed by atoms with van der Waals surface area (Å²) in [5.41, 5.74) is 4.70. The van der Waals surface area contributed by atoms with Crippen LogP contribution in [0.3, 0.4) is 0 Å². The molecular formula is C23H25N3OS. The molecule has 0 amide bonds. The first-order valence-electron chi connectivity index (χ1n) is 9.68. The highest BCUT2D eigenvalue weighted by Gasteiger charge is 2.30. The van der Waals surface area contributed by atoms with Crippen molar-refractivity contribution in [3.8, 4) is 5.75 Å². The van der Waals surface area contributed by atoms with Crippen LogP contribution in [-0.4, -0.2) is 27.7 Å². The van der Waals surface area contributed by atoms with E-state index in [1.807, 2.05) is 31.2 Å². The number of anilines is 1. The molecule has 1 aromatic heterocycles. The van der Waals surface area contributed by atoms with Crippen LogP contribution in [-0.2, 0) is 6.54 Å². The lowest BCUT2D eigenvalue weighted by atomic mass is 10.00. The average Bonchev–Trinajstić information content (AvgIpc) is 3.19. The Kier molecular flexibility index (Phi) is 5.35. The van der Waals surface area contributed by atoms with Gasteiger partial charge in [-0.2, -0.15) is 0 Å². The number of hydrogen-bond acceptors (Lipinski definition) is 2. The van der Waals surface area contributed by atoms with E-state index in [0.29, 0.717) is 6.61 Å². The molecule has 0 fully saturated rings. The number of benzene rings is 2. The molecule has 2 aromatic carbocycles. The van der Waals surface area contributed by atoms with Crippen molar-refractivity contribution < 1.29 is 4.74 Å². The van der Waals surface area contributed by atoms with Gasteiger partial charge in [-0.25, -0.2) is 0 Å². The molecule has 1 aliphatic rings. The molecule has 0 bridgehead atoms. The van der Waals surface area contributed by atoms with Gasteiger partial charge in [-0.1, -0.05) is 30.3 Å². The van der Waals surface area contributed by atoms with E-state index in [4.69, 9.17) is 17.0 Å². The van der Waals surface area contributed by atoms with Gasteiger partial charge < -0.3 is 19.5 Å². The minimum Gasteiger partial charge on any atom is -0.494 e. The summed E-state index contributed by atoms with van der Waals surface area (Å²) in [6, 6.07) is 21.0. The second-order valence-electron chi connectivity index (χ2n) is 6.97. The minimum absolute atomic E-state index is 0.0726. The molecule has 0 spiro atoms. The van der Waals surface area contributed by atoms with Crippen LogP contribution < -0.4 is 10.1 Å². The number of nitrogens with zero attached hydrogens (tertiary/aromatic N) is 2. The standard InChI is InChI=1S/C23H25N3OS/c1-3-27-19-12-10-18(11-13-19)22-21-9-6-14-25(21)15-16-26(22)23(28)24-20-8-5-4-7-17(20)2/h4-14,22H,3,15-16H2,1-2H3,(H,24,28)/t22-/m0/s1. The third kappa shape index (κ3) is 3.62. The molecular weight excluding hydrogens is 366 g/mol. The first-order chi connectivity index (χ1) is 13.7. The van der Waals surface area contributed by atoms with E-state index in [0.717, 1.165) is 29.6 Å². The van der Waals surface area contributed by atoms with E-state index in [-0.39, 0.29) is 6.04 Å². The second kappa shape index (κ2) is 8.07. The number of fused-ring (bicyclic) bond motifs is 1. The van der Waals surface area contributed by atoms with Crippen LogP contribution in [0.5, 0.6) is 5.75 Å². The highest BCUT2D eigenvalue weighted by molar-refractivity contribution is 7.80. The predicted octanol–water partition coefficient (Wildman–Crippen LogP) is 5.00. The Morgan fingerprint density at radius 3 is 2.61 bits per heavy atom. The number of para-hydroxylation sites is 1. The number of aromatic nitrogens is 1. The van der Waals surface area contributed by atoms with Crippen LogP contribution in [0.25, 0.3) is 0 Å². The van der Waals surface area contributed by atoms with E-state index >= 15 is 0 Å². The van der Waals surface area contributed by atoms with Crippen molar-refractivity contribution in [3.05, 3.63) is 83.7 Å². The smallest absolute Gasteiger partial charge is 0.174 e. The Morgan fingerprint density at radius 1 is 1.07 bits per heavy atom. The van der Waals surface area contributed by atoms with Crippen LogP contribution in [0.2, 0.25) is 0 Å². The van der Waals surface area contributed by atoms with E-state index in [2.05, 4.69) is 64.3 Å². The van der Waals surface area contributed by atoms with Crippen molar-refractivity contribution in [2.45, 2.75) is 26.4 Å². The van der Waals surface area contributed by atoms with Gasteiger partial charge in [0.2, 0.25) is 0 Å². The van der Waals surface area contributed by atoms with E-state index in [1.54, 1.807) is 0 Å². The van der Waals surface area contributed by atoms with E-state index in [1.165, 1.54) is 16.8 Å². The zero-order valence-electron chi connectivity index (χ0n) is 16.3. The summed E-state index contributed by atoms with van der Waals surface area (Å²) in [6.07, 6.45) is 2.14. The van der Waals surface area contributed by atoms with Crippen LogP contribution in [0, 0.1) is 6.92 Å². The molecule has 28 heavy (non-hydrogen) atoms. The molecule has 5 heteroatoms. The lowest BCUT2D eigenvalue weighted by molar-refractivity contribution is 0.293. The molecule has 1 atom stereocenters. The first kappa shape index (κ1) is 18.6. The van der Waals surface area contributed by atoms with E-state index < -0.39 is 0 Å². The van der Waals surface area contributed by atoms with Gasteiger partial charge in [0.15, 0.2) is 5.11 Å². The number of ether oxygens (including phenoxy) is 1. The van der Waals surface area contributed by atoms with Gasteiger partial charge >= 0.3 is 0 Å². The fraction of sp³-hybridized carbons (Fsp3) is 0.261. The van der Waals surface area contributed by atoms with Gasteiger partial charge in [0.1, 0.15) is 5.75 Å². The molecule has 1 aliphatic heterocycles. The summed E-state index contributed by atoms with van der Waals surface area (Å²) in [5, 5.41) is 4.21. The molecule has 0 saturated heterocycles. The van der Waals surface area contributed by atoms with Gasteiger partial charge in [-0.15, -0.1) is 0 Å². The minimum atomic E-state index is 0.0726. The van der Waals surface area contributed by atoms with Crippen LogP contribution in [0.1, 0.15) is 29.8 Å². The molecule has 1 N–H and O–H groups in total. The third-order valence-electron chi connectivity index (χ3n) is 5.19. The highest BCUT2D eigenvalue weighted by Crippen LogP contribution is 2.34. The topological polar surface area (TPSA) is 29.4 Å². The molecule has 3 aromatic rings. The number of thiocarbonyl (C=S) groups is 1. The zero-order valence-corrected chi connectivity index (χ0v) is 17.1. The zero-order chi connectivity index (χ0) is 19.5. The third-order valence-corrected chi connectivity index (χ3v) is 5.53. The summed E-state index contributed by atoms with van der Waals surface area (Å²) in [7, 11) is 0. The van der Waals surface area contributed by atoms with Crippen molar-refractivity contribution in [1.82, 2.24) is 9.47 Å². The Hall–Kier alpha value is -2.79. The summed E-state index contributed by atoms with van der Waals surface area (Å²) >= 11 is 5.84. The Balaban J connectivity index is 1.65. The summed E-state index contributed by atoms with van der Waals surface area (Å²) < 4.78 is 7.93. The molecule has 0 radical (unpaired) electrons. The maximum atomic E-state index is 5.84. The first-order valence-corrected chi connectivity index (χ1v) is 10.1. The lowest BCUT2D eigenvalue weighted by Gasteiger charge is -2.39. The van der Waals surface area contributed by atoms with Crippen LogP contribution in [0.4, 0.5) is 5.69 Å². The fourth-order valence-electron chi connectivity index (χ4n) is 3.77. The molecule has 0 saturated carbocycles. The van der Waals surface area contributed by atoms with Crippen LogP contribution in [0.15, 0.2) is 66.9 Å². The second-order valence-corrected chi connectivity index (χ2v) is 7.36. The van der Waals surface area contributed by atoms with Crippen molar-refractivity contribution in [2.75, 3.05) is 18.5 Å². The number of aryl methyl sites for hydroxylation is 1. The molecule has 2 heterocycles. The Labute approximate surface area is 171 Å². The van der Waals surface area contributed by atoms with Gasteiger partial charge in [0.25, 0.3) is 0 Å². The monoisotopic (exact) mass is 391 g/mol. The summed E-state index contributed by atoms with van der Waals surface area (Å²) in [6.45, 7) is 6.54. The SMILES string of the molecule is CCOc1ccc([C@H]2c3cccn3CCN2C(=S)Nc2ccccc2C)cc1. The normalized spacial score (nSPS) is 15.8. The maximum absolute atomic E-state index is 5.84. The van der Waals surface area contributed by atoms with Crippen molar-refractivity contribution >= 4 is 23.0 Å². The lowest BCUT2D eigenvalue weighted by Crippen LogP contribution is -2.44. The Bertz CT molecular complexity index is 964. The Morgan fingerprint density at radius 2 is 1.86 bits per heavy atom. The molecule has 144 valence electrons. The van der Waals surface area contributed by atoms with Gasteiger partial charge in [-0.3, -0.25) is 0 Å². The molecule has 4 nitrogen and oxygen atoms in total.